The van der Waals surface area contributed by atoms with Crippen molar-refractivity contribution in [3.63, 3.8) is 0 Å². The lowest BCUT2D eigenvalue weighted by Gasteiger charge is -2.31. The van der Waals surface area contributed by atoms with E-state index >= 15 is 0 Å². The summed E-state index contributed by atoms with van der Waals surface area (Å²) in [5.74, 6) is 0.634. The van der Waals surface area contributed by atoms with Crippen LogP contribution < -0.4 is 5.32 Å². The van der Waals surface area contributed by atoms with Gasteiger partial charge in [0.1, 0.15) is 10.7 Å². The summed E-state index contributed by atoms with van der Waals surface area (Å²) >= 11 is 12.1. The summed E-state index contributed by atoms with van der Waals surface area (Å²) in [6.45, 7) is 1.00. The molecule has 1 saturated heterocycles. The molecule has 1 amide bonds. The van der Waals surface area contributed by atoms with Crippen LogP contribution in [0.5, 0.6) is 0 Å². The van der Waals surface area contributed by atoms with Gasteiger partial charge in [0.25, 0.3) is 0 Å². The van der Waals surface area contributed by atoms with Gasteiger partial charge < -0.3 is 9.88 Å². The fraction of sp³-hybridized carbons (Fsp3) is 0.444. The van der Waals surface area contributed by atoms with Crippen molar-refractivity contribution in [3.05, 3.63) is 46.5 Å². The molecule has 0 bridgehead atoms. The molecule has 0 radical (unpaired) electrons. The number of sulfonamides is 1. The lowest BCUT2D eigenvalue weighted by Crippen LogP contribution is -2.43. The van der Waals surface area contributed by atoms with Crippen LogP contribution >= 0.6 is 23.2 Å². The zero-order valence-electron chi connectivity index (χ0n) is 15.4. The van der Waals surface area contributed by atoms with Crippen LogP contribution in [0.25, 0.3) is 0 Å². The number of benzene rings is 1. The van der Waals surface area contributed by atoms with E-state index in [2.05, 4.69) is 10.3 Å². The van der Waals surface area contributed by atoms with Gasteiger partial charge in [0.05, 0.1) is 10.0 Å². The first-order chi connectivity index (χ1) is 13.3. The number of carbonyl (C=O) groups excluding carboxylic acids is 1. The highest BCUT2D eigenvalue weighted by molar-refractivity contribution is 7.89. The van der Waals surface area contributed by atoms with E-state index in [0.29, 0.717) is 25.8 Å². The summed E-state index contributed by atoms with van der Waals surface area (Å²) in [5.41, 5.74) is 0. The van der Waals surface area contributed by atoms with Crippen LogP contribution in [0, 0.1) is 5.92 Å². The molecule has 1 aliphatic heterocycles. The molecule has 1 fully saturated rings. The molecule has 2 heterocycles. The van der Waals surface area contributed by atoms with E-state index in [4.69, 9.17) is 23.2 Å². The summed E-state index contributed by atoms with van der Waals surface area (Å²) in [6, 6.07) is 4.61. The van der Waals surface area contributed by atoms with Crippen molar-refractivity contribution in [2.24, 2.45) is 13.0 Å². The Morgan fingerprint density at radius 2 is 1.89 bits per heavy atom. The van der Waals surface area contributed by atoms with Gasteiger partial charge in [-0.25, -0.2) is 13.4 Å². The quantitative estimate of drug-likeness (QED) is 0.741. The Labute approximate surface area is 174 Å². The second kappa shape index (κ2) is 8.82. The van der Waals surface area contributed by atoms with Gasteiger partial charge in [0, 0.05) is 51.4 Å². The van der Waals surface area contributed by atoms with Crippen molar-refractivity contribution in [1.29, 1.82) is 0 Å². The fourth-order valence-electron chi connectivity index (χ4n) is 3.30. The molecule has 0 aliphatic carbocycles. The number of hydrogen-bond acceptors (Lipinski definition) is 4. The van der Waals surface area contributed by atoms with E-state index in [9.17, 15) is 13.2 Å². The lowest BCUT2D eigenvalue weighted by atomic mass is 9.97. The van der Waals surface area contributed by atoms with E-state index in [1.165, 1.54) is 16.4 Å². The van der Waals surface area contributed by atoms with E-state index in [1.807, 2.05) is 17.8 Å². The highest BCUT2D eigenvalue weighted by Crippen LogP contribution is 2.33. The van der Waals surface area contributed by atoms with Gasteiger partial charge in [0.2, 0.25) is 15.9 Å². The number of carbonyl (C=O) groups is 1. The zero-order chi connectivity index (χ0) is 20.3. The number of hydrogen-bond donors (Lipinski definition) is 1. The number of imidazole rings is 1. The number of nitrogens with one attached hydrogen (secondary N) is 1. The Kier molecular flexibility index (Phi) is 6.65. The van der Waals surface area contributed by atoms with Gasteiger partial charge in [-0.2, -0.15) is 4.31 Å². The molecule has 0 unspecified atom stereocenters. The largest absolute Gasteiger partial charge is 0.355 e. The average molecular weight is 445 g/mol. The number of aryl methyl sites for hydroxylation is 1. The maximum absolute atomic E-state index is 12.9. The van der Waals surface area contributed by atoms with E-state index in [0.717, 1.165) is 5.82 Å². The molecular formula is C18H22Cl2N4O3S. The molecule has 0 atom stereocenters. The number of halogens is 2. The molecule has 0 saturated carbocycles. The van der Waals surface area contributed by atoms with Crippen molar-refractivity contribution in [2.45, 2.75) is 24.2 Å². The van der Waals surface area contributed by atoms with E-state index in [-0.39, 0.29) is 39.9 Å². The standard InChI is InChI=1S/C18H22Cl2N4O3S/c1-23-12-9-21-16(23)5-8-22-18(25)13-6-10-24(11-7-13)28(26,27)17-14(19)3-2-4-15(17)20/h2-4,9,12-13H,5-8,10-11H2,1H3,(H,22,25). The molecule has 1 aromatic heterocycles. The van der Waals surface area contributed by atoms with Crippen molar-refractivity contribution in [1.82, 2.24) is 19.2 Å². The second-order valence-electron chi connectivity index (χ2n) is 6.72. The van der Waals surface area contributed by atoms with Crippen LogP contribution in [0.1, 0.15) is 18.7 Å². The third-order valence-electron chi connectivity index (χ3n) is 4.91. The molecule has 2 aromatic rings. The molecule has 10 heteroatoms. The number of aromatic nitrogens is 2. The topological polar surface area (TPSA) is 84.3 Å². The molecule has 0 spiro atoms. The van der Waals surface area contributed by atoms with Crippen LogP contribution in [-0.2, 0) is 28.3 Å². The van der Waals surface area contributed by atoms with Crippen molar-refractivity contribution < 1.29 is 13.2 Å². The smallest absolute Gasteiger partial charge is 0.246 e. The summed E-state index contributed by atoms with van der Waals surface area (Å²) in [7, 11) is -1.89. The maximum Gasteiger partial charge on any atom is 0.246 e. The van der Waals surface area contributed by atoms with Gasteiger partial charge in [-0.1, -0.05) is 29.3 Å². The highest BCUT2D eigenvalue weighted by Gasteiger charge is 2.34. The minimum absolute atomic E-state index is 0.0537. The Morgan fingerprint density at radius 1 is 1.25 bits per heavy atom. The number of piperidine rings is 1. The van der Waals surface area contributed by atoms with E-state index in [1.54, 1.807) is 12.3 Å². The van der Waals surface area contributed by atoms with Crippen LogP contribution in [-0.4, -0.2) is 47.8 Å². The van der Waals surface area contributed by atoms with Crippen LogP contribution in [0.4, 0.5) is 0 Å². The first-order valence-corrected chi connectivity index (χ1v) is 11.2. The monoisotopic (exact) mass is 444 g/mol. The Hall–Kier alpha value is -1.61. The second-order valence-corrected chi connectivity index (χ2v) is 9.41. The average Bonchev–Trinajstić information content (AvgIpc) is 3.06. The summed E-state index contributed by atoms with van der Waals surface area (Å²) in [4.78, 5) is 16.5. The Morgan fingerprint density at radius 3 is 2.46 bits per heavy atom. The Bertz CT molecular complexity index is 933. The van der Waals surface area contributed by atoms with E-state index < -0.39 is 10.0 Å². The minimum Gasteiger partial charge on any atom is -0.355 e. The first-order valence-electron chi connectivity index (χ1n) is 8.99. The maximum atomic E-state index is 12.9. The van der Waals surface area contributed by atoms with Gasteiger partial charge >= 0.3 is 0 Å². The first kappa shape index (κ1) is 21.1. The van der Waals surface area contributed by atoms with Crippen LogP contribution in [0.15, 0.2) is 35.5 Å². The molecule has 7 nitrogen and oxygen atoms in total. The van der Waals surface area contributed by atoms with Crippen molar-refractivity contribution in [2.75, 3.05) is 19.6 Å². The summed E-state index contributed by atoms with van der Waals surface area (Å²) < 4.78 is 29.0. The fourth-order valence-corrected chi connectivity index (χ4v) is 5.86. The molecule has 3 rings (SSSR count). The van der Waals surface area contributed by atoms with Gasteiger partial charge in [0.15, 0.2) is 0 Å². The summed E-state index contributed by atoms with van der Waals surface area (Å²) in [6.07, 6.45) is 5.13. The van der Waals surface area contributed by atoms with Crippen molar-refractivity contribution in [3.8, 4) is 0 Å². The predicted molar refractivity (Wildman–Crippen MR) is 108 cm³/mol. The predicted octanol–water partition coefficient (Wildman–Crippen LogP) is 2.49. The van der Waals surface area contributed by atoms with Crippen LogP contribution in [0.2, 0.25) is 10.0 Å². The molecular weight excluding hydrogens is 423 g/mol. The highest BCUT2D eigenvalue weighted by atomic mass is 35.5. The third kappa shape index (κ3) is 4.51. The number of rotatable bonds is 6. The Balaban J connectivity index is 1.55. The minimum atomic E-state index is -3.80. The SMILES string of the molecule is Cn1ccnc1CCNC(=O)C1CCN(S(=O)(=O)c2c(Cl)cccc2Cl)CC1. The molecule has 152 valence electrons. The van der Waals surface area contributed by atoms with Gasteiger partial charge in [-0.15, -0.1) is 0 Å². The molecule has 1 N–H and O–H groups in total. The lowest BCUT2D eigenvalue weighted by molar-refractivity contribution is -0.126. The summed E-state index contributed by atoms with van der Waals surface area (Å²) in [5, 5.41) is 3.12. The molecule has 1 aliphatic rings. The normalized spacial score (nSPS) is 16.2. The van der Waals surface area contributed by atoms with Crippen molar-refractivity contribution >= 4 is 39.1 Å². The van der Waals surface area contributed by atoms with Gasteiger partial charge in [-0.3, -0.25) is 4.79 Å². The zero-order valence-corrected chi connectivity index (χ0v) is 17.8. The third-order valence-corrected chi connectivity index (χ3v) is 7.77. The van der Waals surface area contributed by atoms with Crippen LogP contribution in [0.3, 0.4) is 0 Å². The number of nitrogens with zero attached hydrogens (tertiary/aromatic N) is 3. The number of amides is 1. The van der Waals surface area contributed by atoms with Gasteiger partial charge in [-0.05, 0) is 25.0 Å². The molecule has 1 aromatic carbocycles. The molecule has 28 heavy (non-hydrogen) atoms.